The molecule has 0 aliphatic carbocycles. The van der Waals surface area contributed by atoms with Gasteiger partial charge in [-0.2, -0.15) is 0 Å². The number of aromatic nitrogens is 2. The van der Waals surface area contributed by atoms with Gasteiger partial charge in [-0.3, -0.25) is 0 Å². The number of halogens is 1. The smallest absolute Gasteiger partial charge is 0.159 e. The zero-order valence-electron chi connectivity index (χ0n) is 13.3. The number of allylic oxidation sites excluding steroid dienone is 1. The van der Waals surface area contributed by atoms with Crippen LogP contribution in [0.1, 0.15) is 50.7 Å². The minimum Gasteiger partial charge on any atom is -0.236 e. The standard InChI is InChI=1S/C19H23FN2/c1-3-5-6-8-18(20)16-9-11-17(12-10-16)19-21-13-15(7-4-2)14-22-19/h8-14H,3-7H2,1-2H3/b18-8+. The Morgan fingerprint density at radius 2 is 1.73 bits per heavy atom. The molecule has 2 nitrogen and oxygen atoms in total. The van der Waals surface area contributed by atoms with Crippen molar-refractivity contribution in [1.82, 2.24) is 9.97 Å². The largest absolute Gasteiger partial charge is 0.236 e. The summed E-state index contributed by atoms with van der Waals surface area (Å²) in [4.78, 5) is 8.77. The van der Waals surface area contributed by atoms with E-state index >= 15 is 0 Å². The first-order chi connectivity index (χ1) is 10.7. The van der Waals surface area contributed by atoms with Crippen LogP contribution in [0.4, 0.5) is 4.39 Å². The van der Waals surface area contributed by atoms with Crippen molar-refractivity contribution in [2.45, 2.75) is 46.0 Å². The average molecular weight is 298 g/mol. The van der Waals surface area contributed by atoms with Gasteiger partial charge in [0.1, 0.15) is 5.83 Å². The molecule has 0 spiro atoms. The van der Waals surface area contributed by atoms with Gasteiger partial charge in [0.2, 0.25) is 0 Å². The summed E-state index contributed by atoms with van der Waals surface area (Å²) in [6, 6.07) is 7.32. The number of hydrogen-bond donors (Lipinski definition) is 0. The molecule has 0 bridgehead atoms. The van der Waals surface area contributed by atoms with E-state index in [-0.39, 0.29) is 5.83 Å². The van der Waals surface area contributed by atoms with Crippen LogP contribution in [0.25, 0.3) is 17.2 Å². The van der Waals surface area contributed by atoms with Gasteiger partial charge < -0.3 is 0 Å². The predicted molar refractivity (Wildman–Crippen MR) is 90.1 cm³/mol. The highest BCUT2D eigenvalue weighted by Gasteiger charge is 2.04. The van der Waals surface area contributed by atoms with Crippen LogP contribution in [0.2, 0.25) is 0 Å². The van der Waals surface area contributed by atoms with Crippen molar-refractivity contribution in [3.8, 4) is 11.4 Å². The number of hydrogen-bond acceptors (Lipinski definition) is 2. The lowest BCUT2D eigenvalue weighted by Gasteiger charge is -2.03. The molecule has 0 saturated carbocycles. The molecule has 0 fully saturated rings. The molecule has 22 heavy (non-hydrogen) atoms. The predicted octanol–water partition coefficient (Wildman–Crippen LogP) is 5.60. The van der Waals surface area contributed by atoms with Gasteiger partial charge in [0.25, 0.3) is 0 Å². The molecule has 0 radical (unpaired) electrons. The molecule has 116 valence electrons. The van der Waals surface area contributed by atoms with Crippen molar-refractivity contribution in [3.63, 3.8) is 0 Å². The number of rotatable bonds is 7. The normalized spacial score (nSPS) is 11.7. The van der Waals surface area contributed by atoms with E-state index in [1.54, 1.807) is 18.2 Å². The van der Waals surface area contributed by atoms with Crippen LogP contribution in [0, 0.1) is 0 Å². The Hall–Kier alpha value is -2.03. The first-order valence-electron chi connectivity index (χ1n) is 8.02. The van der Waals surface area contributed by atoms with Crippen LogP contribution in [0.3, 0.4) is 0 Å². The molecule has 1 aromatic heterocycles. The third kappa shape index (κ3) is 4.48. The van der Waals surface area contributed by atoms with Gasteiger partial charge >= 0.3 is 0 Å². The molecule has 0 amide bonds. The average Bonchev–Trinajstić information content (AvgIpc) is 2.56. The first kappa shape index (κ1) is 16.3. The fraction of sp³-hybridized carbons (Fsp3) is 0.368. The van der Waals surface area contributed by atoms with Crippen molar-refractivity contribution in [1.29, 1.82) is 0 Å². The molecule has 1 aromatic carbocycles. The Bertz CT molecular complexity index is 600. The second-order valence-corrected chi connectivity index (χ2v) is 5.44. The lowest BCUT2D eigenvalue weighted by atomic mass is 10.1. The van der Waals surface area contributed by atoms with Crippen LogP contribution >= 0.6 is 0 Å². The van der Waals surface area contributed by atoms with E-state index in [0.29, 0.717) is 11.4 Å². The second-order valence-electron chi connectivity index (χ2n) is 5.44. The van der Waals surface area contributed by atoms with E-state index in [2.05, 4.69) is 23.8 Å². The number of benzene rings is 1. The van der Waals surface area contributed by atoms with Gasteiger partial charge in [-0.1, -0.05) is 51.0 Å². The minimum absolute atomic E-state index is 0.154. The Morgan fingerprint density at radius 3 is 2.32 bits per heavy atom. The van der Waals surface area contributed by atoms with E-state index in [1.807, 2.05) is 24.5 Å². The van der Waals surface area contributed by atoms with Crippen LogP contribution in [0.15, 0.2) is 42.7 Å². The maximum Gasteiger partial charge on any atom is 0.159 e. The summed E-state index contributed by atoms with van der Waals surface area (Å²) in [6.45, 7) is 4.24. The summed E-state index contributed by atoms with van der Waals surface area (Å²) in [6.07, 6.45) is 10.3. The van der Waals surface area contributed by atoms with Crippen molar-refractivity contribution < 1.29 is 4.39 Å². The highest BCUT2D eigenvalue weighted by molar-refractivity contribution is 5.63. The summed E-state index contributed by atoms with van der Waals surface area (Å²) >= 11 is 0. The molecular weight excluding hydrogens is 275 g/mol. The topological polar surface area (TPSA) is 25.8 Å². The van der Waals surface area contributed by atoms with E-state index in [0.717, 1.165) is 43.2 Å². The van der Waals surface area contributed by atoms with E-state index in [4.69, 9.17) is 0 Å². The summed E-state index contributed by atoms with van der Waals surface area (Å²) in [5, 5.41) is 0. The van der Waals surface area contributed by atoms with E-state index in [1.165, 1.54) is 0 Å². The van der Waals surface area contributed by atoms with Gasteiger partial charge in [-0.25, -0.2) is 14.4 Å². The molecule has 1 heterocycles. The van der Waals surface area contributed by atoms with Crippen molar-refractivity contribution in [2.24, 2.45) is 0 Å². The summed E-state index contributed by atoms with van der Waals surface area (Å²) in [5.41, 5.74) is 2.67. The quantitative estimate of drug-likeness (QED) is 0.622. The van der Waals surface area contributed by atoms with Crippen LogP contribution in [-0.2, 0) is 6.42 Å². The summed E-state index contributed by atoms with van der Waals surface area (Å²) in [5.74, 6) is 0.529. The Kier molecular flexibility index (Phi) is 6.26. The molecule has 0 aliphatic rings. The number of aryl methyl sites for hydroxylation is 1. The van der Waals surface area contributed by atoms with Crippen LogP contribution < -0.4 is 0 Å². The fourth-order valence-electron chi connectivity index (χ4n) is 2.25. The Balaban J connectivity index is 2.09. The molecule has 3 heteroatoms. The zero-order valence-corrected chi connectivity index (χ0v) is 13.3. The maximum atomic E-state index is 14.0. The van der Waals surface area contributed by atoms with Gasteiger partial charge in [-0.05, 0) is 30.9 Å². The van der Waals surface area contributed by atoms with Crippen molar-refractivity contribution in [3.05, 3.63) is 53.9 Å². The summed E-state index contributed by atoms with van der Waals surface area (Å²) < 4.78 is 14.0. The second kappa shape index (κ2) is 8.42. The molecule has 0 N–H and O–H groups in total. The van der Waals surface area contributed by atoms with E-state index < -0.39 is 0 Å². The Labute approximate surface area is 132 Å². The fourth-order valence-corrected chi connectivity index (χ4v) is 2.25. The molecule has 0 saturated heterocycles. The van der Waals surface area contributed by atoms with Gasteiger partial charge in [0, 0.05) is 23.5 Å². The minimum atomic E-state index is -0.154. The zero-order chi connectivity index (χ0) is 15.8. The lowest BCUT2D eigenvalue weighted by molar-refractivity contribution is 0.741. The number of unbranched alkanes of at least 4 members (excludes halogenated alkanes) is 2. The van der Waals surface area contributed by atoms with Crippen molar-refractivity contribution >= 4 is 5.83 Å². The molecule has 0 unspecified atom stereocenters. The molecule has 0 atom stereocenters. The van der Waals surface area contributed by atoms with E-state index in [9.17, 15) is 4.39 Å². The first-order valence-corrected chi connectivity index (χ1v) is 8.02. The molecular formula is C19H23FN2. The van der Waals surface area contributed by atoms with Crippen LogP contribution in [-0.4, -0.2) is 9.97 Å². The molecule has 2 rings (SSSR count). The van der Waals surface area contributed by atoms with Crippen molar-refractivity contribution in [2.75, 3.05) is 0 Å². The third-order valence-electron chi connectivity index (χ3n) is 3.54. The molecule has 0 aliphatic heterocycles. The van der Waals surface area contributed by atoms with Gasteiger partial charge in [0.05, 0.1) is 0 Å². The monoisotopic (exact) mass is 298 g/mol. The van der Waals surface area contributed by atoms with Crippen LogP contribution in [0.5, 0.6) is 0 Å². The highest BCUT2D eigenvalue weighted by Crippen LogP contribution is 2.21. The maximum absolute atomic E-state index is 14.0. The summed E-state index contributed by atoms with van der Waals surface area (Å²) in [7, 11) is 0. The third-order valence-corrected chi connectivity index (χ3v) is 3.54. The number of nitrogens with zero attached hydrogens (tertiary/aromatic N) is 2. The Morgan fingerprint density at radius 1 is 1.05 bits per heavy atom. The van der Waals surface area contributed by atoms with Gasteiger partial charge in [0.15, 0.2) is 5.82 Å². The van der Waals surface area contributed by atoms with Gasteiger partial charge in [-0.15, -0.1) is 0 Å². The SMILES string of the molecule is CCCC/C=C(/F)c1ccc(-c2ncc(CCC)cn2)cc1. The molecule has 2 aromatic rings. The highest BCUT2D eigenvalue weighted by atomic mass is 19.1. The lowest BCUT2D eigenvalue weighted by Crippen LogP contribution is -1.92.